The molecule has 0 bridgehead atoms. The number of carbonyl (C=O) groups is 1. The number of fused-ring (bicyclic) bond motifs is 4. The molecule has 5 heterocycles. The number of hydrogen-bond donors (Lipinski definition) is 2. The molecule has 3 aromatic heterocycles. The van der Waals surface area contributed by atoms with Crippen molar-refractivity contribution in [2.45, 2.75) is 77.5 Å². The fraction of sp³-hybridized carbons (Fsp3) is 0.298. The first-order valence-electron chi connectivity index (χ1n) is 19.9. The number of thiophene rings is 1. The molecule has 2 aliphatic heterocycles. The van der Waals surface area contributed by atoms with Crippen molar-refractivity contribution in [1.29, 1.82) is 0 Å². The molecule has 9 heteroatoms. The number of carbonyl (C=O) groups excluding carboxylic acids is 1. The van der Waals surface area contributed by atoms with Crippen molar-refractivity contribution in [2.75, 3.05) is 18.0 Å². The second-order valence-corrected chi connectivity index (χ2v) is 17.6. The van der Waals surface area contributed by atoms with Gasteiger partial charge in [0.15, 0.2) is 0 Å². The quantitative estimate of drug-likeness (QED) is 0.176. The number of benzene rings is 4. The van der Waals surface area contributed by atoms with Gasteiger partial charge in [-0.25, -0.2) is 14.8 Å². The lowest BCUT2D eigenvalue weighted by Crippen LogP contribution is -2.36. The van der Waals surface area contributed by atoms with Gasteiger partial charge in [0, 0.05) is 28.5 Å². The SMILES string of the molecule is Cc1c(N2CCCC2c2ncc(-c3ccc(-c4ccc(-c5ccc6nc(C7CCCN7C(=O)OC(C)(C)C)[nH]c6c5)s4)cc3)[nH]2)ccc2c1Cc1ccccc1-2. The summed E-state index contributed by atoms with van der Waals surface area (Å²) >= 11 is 1.79. The summed E-state index contributed by atoms with van der Waals surface area (Å²) < 4.78 is 5.69. The molecule has 2 saturated heterocycles. The number of aromatic nitrogens is 4. The highest BCUT2D eigenvalue weighted by molar-refractivity contribution is 7.18. The van der Waals surface area contributed by atoms with Gasteiger partial charge in [-0.05, 0) is 135 Å². The van der Waals surface area contributed by atoms with Crippen molar-refractivity contribution in [3.8, 4) is 43.3 Å². The van der Waals surface area contributed by atoms with E-state index in [1.807, 2.05) is 31.9 Å². The van der Waals surface area contributed by atoms with E-state index < -0.39 is 5.60 Å². The third kappa shape index (κ3) is 6.18. The van der Waals surface area contributed by atoms with Gasteiger partial charge in [0.05, 0.1) is 35.0 Å². The van der Waals surface area contributed by atoms with E-state index in [9.17, 15) is 4.79 Å². The Hall–Kier alpha value is -5.67. The molecule has 2 unspecified atom stereocenters. The molecule has 0 radical (unpaired) electrons. The van der Waals surface area contributed by atoms with Gasteiger partial charge in [-0.3, -0.25) is 4.90 Å². The van der Waals surface area contributed by atoms with Crippen molar-refractivity contribution >= 4 is 34.2 Å². The highest BCUT2D eigenvalue weighted by Crippen LogP contribution is 2.45. The highest BCUT2D eigenvalue weighted by atomic mass is 32.1. The molecule has 3 aliphatic rings. The second kappa shape index (κ2) is 13.5. The van der Waals surface area contributed by atoms with Crippen molar-refractivity contribution in [3.63, 3.8) is 0 Å². The molecular weight excluding hydrogens is 713 g/mol. The van der Waals surface area contributed by atoms with Crippen molar-refractivity contribution < 1.29 is 9.53 Å². The van der Waals surface area contributed by atoms with Crippen molar-refractivity contribution in [1.82, 2.24) is 24.8 Å². The molecule has 4 aromatic carbocycles. The Balaban J connectivity index is 0.837. The van der Waals surface area contributed by atoms with E-state index in [1.165, 1.54) is 48.8 Å². The predicted octanol–water partition coefficient (Wildman–Crippen LogP) is 11.6. The van der Waals surface area contributed by atoms with Crippen LogP contribution in [-0.2, 0) is 11.2 Å². The Morgan fingerprint density at radius 1 is 0.804 bits per heavy atom. The number of aromatic amines is 2. The molecule has 2 atom stereocenters. The maximum absolute atomic E-state index is 12.9. The van der Waals surface area contributed by atoms with Crippen LogP contribution in [0.4, 0.5) is 10.5 Å². The summed E-state index contributed by atoms with van der Waals surface area (Å²) in [6.07, 6.45) is 6.77. The summed E-state index contributed by atoms with van der Waals surface area (Å²) in [7, 11) is 0. The van der Waals surface area contributed by atoms with Crippen LogP contribution in [0.1, 0.15) is 86.9 Å². The molecular formula is C47H46N6O2S. The van der Waals surface area contributed by atoms with Crippen LogP contribution in [0.2, 0.25) is 0 Å². The Bertz CT molecular complexity index is 2610. The lowest BCUT2D eigenvalue weighted by atomic mass is 9.99. The number of likely N-dealkylation sites (tertiary alicyclic amines) is 1. The Morgan fingerprint density at radius 2 is 1.55 bits per heavy atom. The standard InChI is InChI=1S/C47H46N6O2S/c1-28-35-25-31-9-5-6-10-33(31)34(35)18-20-39(28)52-23-7-11-40(52)44-48-27-38(51-44)29-13-15-30(16-14-29)42-21-22-43(56-42)32-17-19-36-37(26-32)50-45(49-36)41-12-8-24-53(41)46(54)55-47(2,3)4/h5-6,9-10,13-22,26-27,40-41H,7-8,11-12,23-25H2,1-4H3,(H,48,51)(H,49,50). The molecule has 0 spiro atoms. The number of amides is 1. The first-order valence-corrected chi connectivity index (χ1v) is 20.7. The first kappa shape index (κ1) is 34.8. The van der Waals surface area contributed by atoms with Gasteiger partial charge in [-0.2, -0.15) is 0 Å². The van der Waals surface area contributed by atoms with Gasteiger partial charge in [-0.15, -0.1) is 11.3 Å². The number of imidazole rings is 2. The maximum Gasteiger partial charge on any atom is 0.410 e. The zero-order chi connectivity index (χ0) is 38.1. The number of nitrogens with one attached hydrogen (secondary N) is 2. The third-order valence-electron chi connectivity index (χ3n) is 11.8. The van der Waals surface area contributed by atoms with Crippen molar-refractivity contribution in [3.05, 3.63) is 126 Å². The first-order chi connectivity index (χ1) is 27.2. The average Bonchev–Trinajstić information content (AvgIpc) is 4.04. The number of H-pyrrole nitrogens is 2. The number of hydrogen-bond acceptors (Lipinski definition) is 6. The van der Waals surface area contributed by atoms with Crippen LogP contribution < -0.4 is 4.90 Å². The molecule has 0 saturated carbocycles. The van der Waals surface area contributed by atoms with Crippen LogP contribution in [-0.4, -0.2) is 49.6 Å². The van der Waals surface area contributed by atoms with Crippen LogP contribution >= 0.6 is 11.3 Å². The van der Waals surface area contributed by atoms with E-state index >= 15 is 0 Å². The molecule has 2 fully saturated rings. The van der Waals surface area contributed by atoms with E-state index in [-0.39, 0.29) is 18.2 Å². The van der Waals surface area contributed by atoms with Crippen LogP contribution in [0.15, 0.2) is 97.2 Å². The van der Waals surface area contributed by atoms with E-state index in [0.717, 1.165) is 78.2 Å². The van der Waals surface area contributed by atoms with Gasteiger partial charge < -0.3 is 19.6 Å². The number of ether oxygens (including phenoxy) is 1. The summed E-state index contributed by atoms with van der Waals surface area (Å²) in [6.45, 7) is 9.72. The van der Waals surface area contributed by atoms with Crippen LogP contribution in [0.3, 0.4) is 0 Å². The minimum absolute atomic E-state index is 0.110. The predicted molar refractivity (Wildman–Crippen MR) is 226 cm³/mol. The lowest BCUT2D eigenvalue weighted by Gasteiger charge is -2.28. The summed E-state index contributed by atoms with van der Waals surface area (Å²) in [6, 6.07) is 33.2. The van der Waals surface area contributed by atoms with E-state index in [2.05, 4.69) is 113 Å². The Morgan fingerprint density at radius 3 is 2.39 bits per heavy atom. The molecule has 8 nitrogen and oxygen atoms in total. The monoisotopic (exact) mass is 758 g/mol. The number of anilines is 1. The summed E-state index contributed by atoms with van der Waals surface area (Å²) in [5, 5.41) is 0. The van der Waals surface area contributed by atoms with Gasteiger partial charge in [0.25, 0.3) is 0 Å². The van der Waals surface area contributed by atoms with Gasteiger partial charge in [-0.1, -0.05) is 60.7 Å². The summed E-state index contributed by atoms with van der Waals surface area (Å²) in [4.78, 5) is 36.8. The van der Waals surface area contributed by atoms with E-state index in [4.69, 9.17) is 14.7 Å². The average molecular weight is 759 g/mol. The topological polar surface area (TPSA) is 90.1 Å². The zero-order valence-electron chi connectivity index (χ0n) is 32.4. The molecule has 2 N–H and O–H groups in total. The molecule has 1 amide bonds. The van der Waals surface area contributed by atoms with Gasteiger partial charge >= 0.3 is 6.09 Å². The fourth-order valence-corrected chi connectivity index (χ4v) is 10.1. The normalized spacial score (nSPS) is 17.9. The lowest BCUT2D eigenvalue weighted by molar-refractivity contribution is 0.0219. The highest BCUT2D eigenvalue weighted by Gasteiger charge is 2.35. The van der Waals surface area contributed by atoms with Crippen LogP contribution in [0.5, 0.6) is 0 Å². The molecule has 282 valence electrons. The third-order valence-corrected chi connectivity index (χ3v) is 13.0. The van der Waals surface area contributed by atoms with Gasteiger partial charge in [0.2, 0.25) is 0 Å². The zero-order valence-corrected chi connectivity index (χ0v) is 33.2. The Labute approximate surface area is 331 Å². The molecule has 7 aromatic rings. The van der Waals surface area contributed by atoms with Crippen LogP contribution in [0.25, 0.3) is 54.3 Å². The second-order valence-electron chi connectivity index (χ2n) is 16.5. The largest absolute Gasteiger partial charge is 0.444 e. The van der Waals surface area contributed by atoms with Crippen LogP contribution in [0, 0.1) is 6.92 Å². The minimum atomic E-state index is -0.534. The van der Waals surface area contributed by atoms with E-state index in [1.54, 1.807) is 11.3 Å². The molecule has 1 aliphatic carbocycles. The number of nitrogens with zero attached hydrogens (tertiary/aromatic N) is 4. The van der Waals surface area contributed by atoms with Gasteiger partial charge in [0.1, 0.15) is 17.2 Å². The smallest absolute Gasteiger partial charge is 0.410 e. The Kier molecular flexibility index (Phi) is 8.40. The maximum atomic E-state index is 12.9. The molecule has 56 heavy (non-hydrogen) atoms. The summed E-state index contributed by atoms with van der Waals surface area (Å²) in [5.41, 5.74) is 14.2. The van der Waals surface area contributed by atoms with E-state index in [0.29, 0.717) is 6.54 Å². The number of rotatable bonds is 6. The fourth-order valence-electron chi connectivity index (χ4n) is 9.05. The molecule has 10 rings (SSSR count). The minimum Gasteiger partial charge on any atom is -0.444 e. The summed E-state index contributed by atoms with van der Waals surface area (Å²) in [5.74, 6) is 1.86. The van der Waals surface area contributed by atoms with Crippen molar-refractivity contribution in [2.24, 2.45) is 0 Å².